The quantitative estimate of drug-likeness (QED) is 0.633. The first-order valence-electron chi connectivity index (χ1n) is 4.16. The number of carbonyl (C=O) groups excluding carboxylic acids is 1. The summed E-state index contributed by atoms with van der Waals surface area (Å²) in [6.07, 6.45) is 1.56. The molecule has 0 spiro atoms. The Balaban J connectivity index is 3.64. The lowest BCUT2D eigenvalue weighted by molar-refractivity contribution is -0.127. The minimum absolute atomic E-state index is 0.223. The smallest absolute Gasteiger partial charge is 0.151 e. The molecule has 0 heterocycles. The van der Waals surface area contributed by atoms with Gasteiger partial charge in [0, 0.05) is 12.1 Å². The van der Waals surface area contributed by atoms with E-state index in [0.717, 1.165) is 12.7 Å². The molecular formula is C9H19NO2. The SMILES string of the molecule is CC(C)(N)CCOC(C)(C)C=O. The molecule has 0 saturated heterocycles. The van der Waals surface area contributed by atoms with Crippen molar-refractivity contribution in [2.45, 2.75) is 45.3 Å². The number of hydrogen-bond donors (Lipinski definition) is 1. The Morgan fingerprint density at radius 2 is 1.83 bits per heavy atom. The van der Waals surface area contributed by atoms with Crippen molar-refractivity contribution in [2.24, 2.45) is 5.73 Å². The molecule has 0 fully saturated rings. The van der Waals surface area contributed by atoms with Crippen molar-refractivity contribution in [1.29, 1.82) is 0 Å². The van der Waals surface area contributed by atoms with Crippen molar-refractivity contribution in [3.05, 3.63) is 0 Å². The fourth-order valence-corrected chi connectivity index (χ4v) is 0.611. The largest absolute Gasteiger partial charge is 0.368 e. The molecule has 0 aliphatic heterocycles. The van der Waals surface area contributed by atoms with Gasteiger partial charge in [0.2, 0.25) is 0 Å². The van der Waals surface area contributed by atoms with E-state index in [0.29, 0.717) is 6.61 Å². The summed E-state index contributed by atoms with van der Waals surface area (Å²) in [4.78, 5) is 10.4. The van der Waals surface area contributed by atoms with Crippen molar-refractivity contribution in [3.8, 4) is 0 Å². The minimum Gasteiger partial charge on any atom is -0.368 e. The van der Waals surface area contributed by atoms with E-state index in [9.17, 15) is 4.79 Å². The Morgan fingerprint density at radius 1 is 1.33 bits per heavy atom. The number of rotatable bonds is 5. The maximum absolute atomic E-state index is 10.4. The molecule has 72 valence electrons. The fraction of sp³-hybridized carbons (Fsp3) is 0.889. The van der Waals surface area contributed by atoms with Crippen LogP contribution >= 0.6 is 0 Å². The van der Waals surface area contributed by atoms with Crippen molar-refractivity contribution >= 4 is 6.29 Å². The highest BCUT2D eigenvalue weighted by atomic mass is 16.5. The summed E-state index contributed by atoms with van der Waals surface area (Å²) in [5, 5.41) is 0. The number of carbonyl (C=O) groups is 1. The Bertz CT molecular complexity index is 147. The Kier molecular flexibility index (Phi) is 3.87. The zero-order chi connectivity index (χ0) is 9.83. The maximum atomic E-state index is 10.4. The van der Waals surface area contributed by atoms with Crippen molar-refractivity contribution in [2.75, 3.05) is 6.61 Å². The third kappa shape index (κ3) is 6.31. The molecule has 0 bridgehead atoms. The van der Waals surface area contributed by atoms with Crippen LogP contribution in [0.3, 0.4) is 0 Å². The summed E-state index contributed by atoms with van der Waals surface area (Å²) in [6.45, 7) is 7.87. The second-order valence-electron chi connectivity index (χ2n) is 4.31. The first-order valence-corrected chi connectivity index (χ1v) is 4.16. The van der Waals surface area contributed by atoms with Crippen LogP contribution < -0.4 is 5.73 Å². The van der Waals surface area contributed by atoms with Crippen molar-refractivity contribution < 1.29 is 9.53 Å². The number of aldehydes is 1. The molecule has 0 aliphatic carbocycles. The minimum atomic E-state index is -0.675. The first kappa shape index (κ1) is 11.6. The van der Waals surface area contributed by atoms with E-state index in [4.69, 9.17) is 10.5 Å². The fourth-order valence-electron chi connectivity index (χ4n) is 0.611. The van der Waals surface area contributed by atoms with Crippen LogP contribution in [0.1, 0.15) is 34.1 Å². The molecule has 0 aromatic heterocycles. The van der Waals surface area contributed by atoms with E-state index in [2.05, 4.69) is 0 Å². The van der Waals surface area contributed by atoms with Crippen LogP contribution in [-0.2, 0) is 9.53 Å². The second kappa shape index (κ2) is 4.01. The van der Waals surface area contributed by atoms with Gasteiger partial charge in [0.1, 0.15) is 5.60 Å². The van der Waals surface area contributed by atoms with Crippen LogP contribution in [0.2, 0.25) is 0 Å². The van der Waals surface area contributed by atoms with E-state index in [1.807, 2.05) is 13.8 Å². The van der Waals surface area contributed by atoms with E-state index >= 15 is 0 Å². The Morgan fingerprint density at radius 3 is 2.17 bits per heavy atom. The third-order valence-electron chi connectivity index (χ3n) is 1.50. The molecular weight excluding hydrogens is 154 g/mol. The molecule has 3 heteroatoms. The lowest BCUT2D eigenvalue weighted by Gasteiger charge is -2.22. The summed E-state index contributed by atoms with van der Waals surface area (Å²) in [5.74, 6) is 0. The van der Waals surface area contributed by atoms with Crippen LogP contribution in [0.5, 0.6) is 0 Å². The molecule has 0 radical (unpaired) electrons. The molecule has 12 heavy (non-hydrogen) atoms. The van der Waals surface area contributed by atoms with Crippen LogP contribution in [-0.4, -0.2) is 24.0 Å². The monoisotopic (exact) mass is 173 g/mol. The summed E-state index contributed by atoms with van der Waals surface area (Å²) in [5.41, 5.74) is 4.84. The molecule has 0 aliphatic rings. The standard InChI is InChI=1S/C9H19NO2/c1-8(2,10)5-6-12-9(3,4)7-11/h7H,5-6,10H2,1-4H3. The number of nitrogens with two attached hydrogens (primary N) is 1. The van der Waals surface area contributed by atoms with Gasteiger partial charge in [0.15, 0.2) is 6.29 Å². The van der Waals surface area contributed by atoms with Gasteiger partial charge < -0.3 is 15.3 Å². The summed E-state index contributed by atoms with van der Waals surface area (Å²) < 4.78 is 5.31. The lowest BCUT2D eigenvalue weighted by atomic mass is 10.0. The average Bonchev–Trinajstić information content (AvgIpc) is 1.84. The van der Waals surface area contributed by atoms with Gasteiger partial charge in [-0.25, -0.2) is 0 Å². The normalized spacial score (nSPS) is 13.1. The van der Waals surface area contributed by atoms with Crippen LogP contribution in [0.4, 0.5) is 0 Å². The van der Waals surface area contributed by atoms with Crippen molar-refractivity contribution in [1.82, 2.24) is 0 Å². The van der Waals surface area contributed by atoms with E-state index < -0.39 is 5.60 Å². The second-order valence-corrected chi connectivity index (χ2v) is 4.31. The molecule has 0 saturated carbocycles. The lowest BCUT2D eigenvalue weighted by Crippen LogP contribution is -2.35. The van der Waals surface area contributed by atoms with Gasteiger partial charge in [-0.2, -0.15) is 0 Å². The van der Waals surface area contributed by atoms with Gasteiger partial charge in [-0.15, -0.1) is 0 Å². The molecule has 3 nitrogen and oxygen atoms in total. The van der Waals surface area contributed by atoms with E-state index in [-0.39, 0.29) is 5.54 Å². The maximum Gasteiger partial charge on any atom is 0.151 e. The molecule has 0 aromatic rings. The molecule has 0 unspecified atom stereocenters. The first-order chi connectivity index (χ1) is 5.27. The zero-order valence-corrected chi connectivity index (χ0v) is 8.39. The molecule has 0 rings (SSSR count). The predicted molar refractivity (Wildman–Crippen MR) is 49.0 cm³/mol. The van der Waals surface area contributed by atoms with Gasteiger partial charge in [0.25, 0.3) is 0 Å². The topological polar surface area (TPSA) is 52.3 Å². The van der Waals surface area contributed by atoms with E-state index in [1.54, 1.807) is 13.8 Å². The molecule has 0 amide bonds. The van der Waals surface area contributed by atoms with Gasteiger partial charge in [-0.05, 0) is 34.1 Å². The average molecular weight is 173 g/mol. The van der Waals surface area contributed by atoms with Gasteiger partial charge in [-0.3, -0.25) is 0 Å². The van der Waals surface area contributed by atoms with Gasteiger partial charge in [-0.1, -0.05) is 0 Å². The highest BCUT2D eigenvalue weighted by Gasteiger charge is 2.18. The predicted octanol–water partition coefficient (Wildman–Crippen LogP) is 1.11. The summed E-state index contributed by atoms with van der Waals surface area (Å²) >= 11 is 0. The molecule has 0 aromatic carbocycles. The van der Waals surface area contributed by atoms with Gasteiger partial charge in [0.05, 0.1) is 0 Å². The van der Waals surface area contributed by atoms with Crippen LogP contribution in [0.25, 0.3) is 0 Å². The third-order valence-corrected chi connectivity index (χ3v) is 1.50. The molecule has 2 N–H and O–H groups in total. The Labute approximate surface area is 74.3 Å². The van der Waals surface area contributed by atoms with E-state index in [1.165, 1.54) is 0 Å². The molecule has 0 atom stereocenters. The van der Waals surface area contributed by atoms with Crippen molar-refractivity contribution in [3.63, 3.8) is 0 Å². The zero-order valence-electron chi connectivity index (χ0n) is 8.39. The van der Waals surface area contributed by atoms with Crippen LogP contribution in [0.15, 0.2) is 0 Å². The number of hydrogen-bond acceptors (Lipinski definition) is 3. The number of ether oxygens (including phenoxy) is 1. The highest BCUT2D eigenvalue weighted by Crippen LogP contribution is 2.09. The highest BCUT2D eigenvalue weighted by molar-refractivity contribution is 5.60. The van der Waals surface area contributed by atoms with Gasteiger partial charge >= 0.3 is 0 Å². The summed E-state index contributed by atoms with van der Waals surface area (Å²) in [7, 11) is 0. The van der Waals surface area contributed by atoms with Crippen LogP contribution in [0, 0.1) is 0 Å². The summed E-state index contributed by atoms with van der Waals surface area (Å²) in [6, 6.07) is 0. The Hall–Kier alpha value is -0.410.